The van der Waals surface area contributed by atoms with E-state index < -0.39 is 0 Å². The summed E-state index contributed by atoms with van der Waals surface area (Å²) in [5.41, 5.74) is 0. The van der Waals surface area contributed by atoms with Crippen LogP contribution in [-0.2, 0) is 4.79 Å². The van der Waals surface area contributed by atoms with Crippen LogP contribution in [0.5, 0.6) is 0 Å². The van der Waals surface area contributed by atoms with Crippen LogP contribution in [0.2, 0.25) is 0 Å². The summed E-state index contributed by atoms with van der Waals surface area (Å²) in [7, 11) is 2.17. The van der Waals surface area contributed by atoms with E-state index in [1.165, 1.54) is 19.4 Å². The third-order valence-electron chi connectivity index (χ3n) is 3.22. The second kappa shape index (κ2) is 4.09. The molecule has 0 bridgehead atoms. The molecule has 2 rings (SSSR count). The summed E-state index contributed by atoms with van der Waals surface area (Å²) in [6, 6.07) is 0.554. The Labute approximate surface area is 80.7 Å². The van der Waals surface area contributed by atoms with Gasteiger partial charge in [0.15, 0.2) is 0 Å². The van der Waals surface area contributed by atoms with E-state index >= 15 is 0 Å². The molecule has 2 atom stereocenters. The predicted octanol–water partition coefficient (Wildman–Crippen LogP) is 0.805. The highest BCUT2D eigenvalue weighted by molar-refractivity contribution is 5.48. The second-order valence-electron chi connectivity index (χ2n) is 4.01. The molecule has 13 heavy (non-hydrogen) atoms. The Bertz CT molecular complexity index is 184. The van der Waals surface area contributed by atoms with Crippen LogP contribution in [-0.4, -0.2) is 48.9 Å². The van der Waals surface area contributed by atoms with Crippen LogP contribution >= 0.6 is 0 Å². The van der Waals surface area contributed by atoms with Crippen molar-refractivity contribution in [2.75, 3.05) is 26.7 Å². The van der Waals surface area contributed by atoms with Crippen molar-refractivity contribution in [3.05, 3.63) is 0 Å². The van der Waals surface area contributed by atoms with Crippen molar-refractivity contribution in [2.45, 2.75) is 26.3 Å². The molecule has 1 amide bonds. The lowest BCUT2D eigenvalue weighted by Crippen LogP contribution is -2.43. The first-order valence-electron chi connectivity index (χ1n) is 4.71. The SMILES string of the molecule is C.CN1CCC2C(CCN2C=O)C1. The van der Waals surface area contributed by atoms with E-state index in [1.807, 2.05) is 4.90 Å². The van der Waals surface area contributed by atoms with Crippen LogP contribution in [0.15, 0.2) is 0 Å². The van der Waals surface area contributed by atoms with Gasteiger partial charge in [-0.25, -0.2) is 0 Å². The van der Waals surface area contributed by atoms with E-state index in [1.54, 1.807) is 0 Å². The maximum Gasteiger partial charge on any atom is 0.209 e. The summed E-state index contributed by atoms with van der Waals surface area (Å²) in [6.07, 6.45) is 3.39. The van der Waals surface area contributed by atoms with Gasteiger partial charge in [-0.15, -0.1) is 0 Å². The molecule has 0 saturated carbocycles. The van der Waals surface area contributed by atoms with E-state index in [0.717, 1.165) is 25.4 Å². The predicted molar refractivity (Wildman–Crippen MR) is 53.5 cm³/mol. The number of amides is 1. The van der Waals surface area contributed by atoms with Gasteiger partial charge in [-0.3, -0.25) is 4.79 Å². The van der Waals surface area contributed by atoms with Gasteiger partial charge in [-0.05, 0) is 32.4 Å². The normalized spacial score (nSPS) is 33.8. The topological polar surface area (TPSA) is 23.6 Å². The monoisotopic (exact) mass is 184 g/mol. The van der Waals surface area contributed by atoms with Crippen molar-refractivity contribution in [2.24, 2.45) is 5.92 Å². The first kappa shape index (κ1) is 10.5. The third-order valence-corrected chi connectivity index (χ3v) is 3.22. The fraction of sp³-hybridized carbons (Fsp3) is 0.900. The molecule has 2 aliphatic heterocycles. The van der Waals surface area contributed by atoms with Crippen molar-refractivity contribution in [3.8, 4) is 0 Å². The summed E-state index contributed by atoms with van der Waals surface area (Å²) in [6.45, 7) is 3.30. The van der Waals surface area contributed by atoms with Gasteiger partial charge in [0.1, 0.15) is 0 Å². The minimum atomic E-state index is 0. The molecular formula is C10H20N2O. The number of piperidine rings is 1. The molecule has 0 aromatic heterocycles. The lowest BCUT2D eigenvalue weighted by atomic mass is 9.93. The highest BCUT2D eigenvalue weighted by Crippen LogP contribution is 2.29. The van der Waals surface area contributed by atoms with Gasteiger partial charge in [-0.2, -0.15) is 0 Å². The molecule has 3 nitrogen and oxygen atoms in total. The number of likely N-dealkylation sites (tertiary alicyclic amines) is 2. The molecule has 2 unspecified atom stereocenters. The van der Waals surface area contributed by atoms with Gasteiger partial charge in [0.2, 0.25) is 6.41 Å². The Kier molecular flexibility index (Phi) is 3.31. The van der Waals surface area contributed by atoms with Gasteiger partial charge in [0.25, 0.3) is 0 Å². The highest BCUT2D eigenvalue weighted by Gasteiger charge is 2.36. The summed E-state index contributed by atoms with van der Waals surface area (Å²) < 4.78 is 0. The highest BCUT2D eigenvalue weighted by atomic mass is 16.1. The molecule has 0 aromatic carbocycles. The zero-order valence-corrected chi connectivity index (χ0v) is 7.57. The minimum Gasteiger partial charge on any atom is -0.342 e. The zero-order valence-electron chi connectivity index (χ0n) is 7.57. The third kappa shape index (κ3) is 1.85. The Morgan fingerprint density at radius 3 is 2.77 bits per heavy atom. The molecule has 0 radical (unpaired) electrons. The summed E-state index contributed by atoms with van der Waals surface area (Å²) in [5, 5.41) is 0. The van der Waals surface area contributed by atoms with Crippen LogP contribution in [0.4, 0.5) is 0 Å². The molecule has 2 fully saturated rings. The van der Waals surface area contributed by atoms with E-state index in [0.29, 0.717) is 6.04 Å². The number of hydrogen-bond donors (Lipinski definition) is 0. The van der Waals surface area contributed by atoms with E-state index in [9.17, 15) is 4.79 Å². The van der Waals surface area contributed by atoms with E-state index in [2.05, 4.69) is 11.9 Å². The standard InChI is InChI=1S/C9H16N2O.CH4/c1-10-4-3-9-8(6-10)2-5-11(9)7-12;/h7-9H,2-6H2,1H3;1H4. The van der Waals surface area contributed by atoms with Crippen molar-refractivity contribution in [1.82, 2.24) is 9.80 Å². The van der Waals surface area contributed by atoms with Crippen molar-refractivity contribution in [3.63, 3.8) is 0 Å². The fourth-order valence-corrected chi connectivity index (χ4v) is 2.53. The maximum atomic E-state index is 10.7. The average Bonchev–Trinajstić information content (AvgIpc) is 2.46. The van der Waals surface area contributed by atoms with E-state index in [-0.39, 0.29) is 7.43 Å². The molecule has 0 spiro atoms. The fourth-order valence-electron chi connectivity index (χ4n) is 2.53. The van der Waals surface area contributed by atoms with Gasteiger partial charge in [-0.1, -0.05) is 7.43 Å². The molecule has 2 heterocycles. The summed E-state index contributed by atoms with van der Waals surface area (Å²) >= 11 is 0. The Balaban J connectivity index is 0.000000845. The lowest BCUT2D eigenvalue weighted by molar-refractivity contribution is -0.119. The van der Waals surface area contributed by atoms with Crippen molar-refractivity contribution in [1.29, 1.82) is 0 Å². The van der Waals surface area contributed by atoms with Crippen LogP contribution in [0, 0.1) is 5.92 Å². The molecule has 2 aliphatic rings. The Morgan fingerprint density at radius 2 is 2.08 bits per heavy atom. The number of carbonyl (C=O) groups is 1. The number of fused-ring (bicyclic) bond motifs is 1. The lowest BCUT2D eigenvalue weighted by Gasteiger charge is -2.34. The first-order valence-corrected chi connectivity index (χ1v) is 4.71. The Morgan fingerprint density at radius 1 is 1.31 bits per heavy atom. The number of rotatable bonds is 1. The van der Waals surface area contributed by atoms with Crippen LogP contribution in [0.3, 0.4) is 0 Å². The largest absolute Gasteiger partial charge is 0.342 e. The molecule has 0 N–H and O–H groups in total. The van der Waals surface area contributed by atoms with Gasteiger partial charge >= 0.3 is 0 Å². The quantitative estimate of drug-likeness (QED) is 0.563. The van der Waals surface area contributed by atoms with E-state index in [4.69, 9.17) is 0 Å². The maximum absolute atomic E-state index is 10.7. The van der Waals surface area contributed by atoms with Gasteiger partial charge in [0.05, 0.1) is 0 Å². The molecular weight excluding hydrogens is 164 g/mol. The summed E-state index contributed by atoms with van der Waals surface area (Å²) in [4.78, 5) is 15.0. The smallest absolute Gasteiger partial charge is 0.209 e. The minimum absolute atomic E-state index is 0. The van der Waals surface area contributed by atoms with Crippen LogP contribution in [0.1, 0.15) is 20.3 Å². The van der Waals surface area contributed by atoms with Gasteiger partial charge in [0, 0.05) is 19.1 Å². The molecule has 0 aliphatic carbocycles. The summed E-state index contributed by atoms with van der Waals surface area (Å²) in [5.74, 6) is 0.744. The molecule has 2 saturated heterocycles. The molecule has 76 valence electrons. The van der Waals surface area contributed by atoms with Crippen LogP contribution in [0.25, 0.3) is 0 Å². The van der Waals surface area contributed by atoms with Crippen molar-refractivity contribution < 1.29 is 4.79 Å². The van der Waals surface area contributed by atoms with Crippen LogP contribution < -0.4 is 0 Å². The Hall–Kier alpha value is -0.570. The van der Waals surface area contributed by atoms with Gasteiger partial charge < -0.3 is 9.80 Å². The first-order chi connectivity index (χ1) is 5.81. The average molecular weight is 184 g/mol. The van der Waals surface area contributed by atoms with Crippen molar-refractivity contribution >= 4 is 6.41 Å². The number of hydrogen-bond acceptors (Lipinski definition) is 2. The number of carbonyl (C=O) groups excluding carboxylic acids is 1. The second-order valence-corrected chi connectivity index (χ2v) is 4.01. The molecule has 0 aromatic rings. The molecule has 3 heteroatoms. The number of nitrogens with zero attached hydrogens (tertiary/aromatic N) is 2. The zero-order chi connectivity index (χ0) is 8.55.